The van der Waals surface area contributed by atoms with Crippen molar-refractivity contribution in [3.8, 4) is 0 Å². The Balaban J connectivity index is 1.69. The number of hydrogen-bond acceptors (Lipinski definition) is 2. The lowest BCUT2D eigenvalue weighted by Gasteiger charge is -2.57. The lowest BCUT2D eigenvalue weighted by Crippen LogP contribution is -2.64. The van der Waals surface area contributed by atoms with Crippen molar-refractivity contribution in [2.75, 3.05) is 13.1 Å². The Hall–Kier alpha value is -0.990. The highest BCUT2D eigenvalue weighted by molar-refractivity contribution is 5.77. The second-order valence-electron chi connectivity index (χ2n) is 6.42. The van der Waals surface area contributed by atoms with Crippen molar-refractivity contribution in [2.45, 2.75) is 50.6 Å². The number of amides is 1. The van der Waals surface area contributed by atoms with Crippen LogP contribution in [0.3, 0.4) is 0 Å². The molecule has 1 amide bonds. The Morgan fingerprint density at radius 1 is 1.22 bits per heavy atom. The van der Waals surface area contributed by atoms with Crippen LogP contribution in [-0.4, -0.2) is 40.9 Å². The van der Waals surface area contributed by atoms with Gasteiger partial charge in [0.25, 0.3) is 0 Å². The van der Waals surface area contributed by atoms with Crippen LogP contribution in [0.2, 0.25) is 0 Å². The maximum absolute atomic E-state index is 12.2. The highest BCUT2D eigenvalue weighted by Crippen LogP contribution is 2.43. The lowest BCUT2D eigenvalue weighted by molar-refractivity contribution is -0.147. The first-order chi connectivity index (χ1) is 8.84. The van der Waals surface area contributed by atoms with Gasteiger partial charge in [0.1, 0.15) is 0 Å². The number of rotatable bonds is 0. The zero-order valence-corrected chi connectivity index (χ0v) is 10.9. The molecule has 0 aromatic rings. The fraction of sp³-hybridized carbons (Fsp3) is 0.800. The molecule has 4 atom stereocenters. The summed E-state index contributed by atoms with van der Waals surface area (Å²) in [7, 11) is 0. The van der Waals surface area contributed by atoms with Crippen molar-refractivity contribution in [1.29, 1.82) is 0 Å². The average Bonchev–Trinajstić information content (AvgIpc) is 2.41. The van der Waals surface area contributed by atoms with Crippen LogP contribution in [0.25, 0.3) is 0 Å². The second-order valence-corrected chi connectivity index (χ2v) is 6.42. The Labute approximate surface area is 109 Å². The Morgan fingerprint density at radius 3 is 3.11 bits per heavy atom. The van der Waals surface area contributed by atoms with E-state index in [0.717, 1.165) is 31.3 Å². The van der Waals surface area contributed by atoms with Gasteiger partial charge in [0.05, 0.1) is 0 Å². The van der Waals surface area contributed by atoms with Crippen LogP contribution in [-0.2, 0) is 4.79 Å². The third kappa shape index (κ3) is 1.45. The third-order valence-corrected chi connectivity index (χ3v) is 5.54. The van der Waals surface area contributed by atoms with Crippen LogP contribution in [0.5, 0.6) is 0 Å². The maximum atomic E-state index is 12.2. The van der Waals surface area contributed by atoms with Gasteiger partial charge >= 0.3 is 0 Å². The molecule has 4 rings (SSSR count). The van der Waals surface area contributed by atoms with E-state index in [-0.39, 0.29) is 0 Å². The smallest absolute Gasteiger partial charge is 0.222 e. The normalized spacial score (nSPS) is 42.6. The number of fused-ring (bicyclic) bond motifs is 2. The van der Waals surface area contributed by atoms with Gasteiger partial charge in [0, 0.05) is 37.5 Å². The van der Waals surface area contributed by atoms with Crippen molar-refractivity contribution in [3.05, 3.63) is 12.3 Å². The van der Waals surface area contributed by atoms with E-state index in [1.165, 1.54) is 32.2 Å². The summed E-state index contributed by atoms with van der Waals surface area (Å²) in [5, 5.41) is 0. The molecule has 0 aromatic carbocycles. The number of carbonyl (C=O) groups excluding carboxylic acids is 1. The molecule has 0 spiro atoms. The minimum absolute atomic E-state index is 0.427. The van der Waals surface area contributed by atoms with Gasteiger partial charge in [-0.1, -0.05) is 6.08 Å². The molecule has 3 nitrogen and oxygen atoms in total. The molecule has 4 aliphatic heterocycles. The van der Waals surface area contributed by atoms with Gasteiger partial charge in [0.2, 0.25) is 5.91 Å². The predicted octanol–water partition coefficient (Wildman–Crippen LogP) is 2.00. The van der Waals surface area contributed by atoms with Gasteiger partial charge < -0.3 is 9.80 Å². The molecule has 0 aromatic heterocycles. The van der Waals surface area contributed by atoms with Crippen LogP contribution >= 0.6 is 0 Å². The number of allylic oxidation sites excluding steroid dienone is 1. The van der Waals surface area contributed by atoms with Crippen LogP contribution < -0.4 is 0 Å². The van der Waals surface area contributed by atoms with E-state index in [1.807, 2.05) is 0 Å². The molecule has 0 saturated carbocycles. The van der Waals surface area contributed by atoms with E-state index in [0.29, 0.717) is 17.9 Å². The minimum Gasteiger partial charge on any atom is -0.374 e. The zero-order valence-electron chi connectivity index (χ0n) is 10.9. The monoisotopic (exact) mass is 246 g/mol. The van der Waals surface area contributed by atoms with E-state index in [9.17, 15) is 4.79 Å². The number of nitrogens with zero attached hydrogens (tertiary/aromatic N) is 2. The predicted molar refractivity (Wildman–Crippen MR) is 69.8 cm³/mol. The van der Waals surface area contributed by atoms with Crippen molar-refractivity contribution in [2.24, 2.45) is 11.8 Å². The number of carbonyl (C=O) groups is 1. The highest BCUT2D eigenvalue weighted by Gasteiger charge is 2.49. The summed E-state index contributed by atoms with van der Waals surface area (Å²) in [5.74, 6) is 1.86. The van der Waals surface area contributed by atoms with Crippen molar-refractivity contribution in [3.63, 3.8) is 0 Å². The third-order valence-electron chi connectivity index (χ3n) is 5.54. The fourth-order valence-corrected chi connectivity index (χ4v) is 4.85. The molecule has 0 bridgehead atoms. The maximum Gasteiger partial charge on any atom is 0.222 e. The van der Waals surface area contributed by atoms with Crippen LogP contribution in [0, 0.1) is 11.8 Å². The summed E-state index contributed by atoms with van der Waals surface area (Å²) in [4.78, 5) is 17.0. The Morgan fingerprint density at radius 2 is 2.17 bits per heavy atom. The van der Waals surface area contributed by atoms with E-state index in [2.05, 4.69) is 22.1 Å². The van der Waals surface area contributed by atoms with Crippen LogP contribution in [0.15, 0.2) is 12.3 Å². The van der Waals surface area contributed by atoms with Gasteiger partial charge in [-0.15, -0.1) is 0 Å². The van der Waals surface area contributed by atoms with Gasteiger partial charge in [0.15, 0.2) is 0 Å². The molecule has 4 aliphatic rings. The van der Waals surface area contributed by atoms with Crippen LogP contribution in [0.1, 0.15) is 38.5 Å². The Bertz CT molecular complexity index is 392. The van der Waals surface area contributed by atoms with Crippen molar-refractivity contribution < 1.29 is 4.79 Å². The van der Waals surface area contributed by atoms with Gasteiger partial charge in [-0.25, -0.2) is 0 Å². The summed E-state index contributed by atoms with van der Waals surface area (Å²) < 4.78 is 0. The SMILES string of the molecule is O=C1CCCC2C3CC=CN4CCCC(CN12)C34. The molecular weight excluding hydrogens is 224 g/mol. The first-order valence-corrected chi connectivity index (χ1v) is 7.56. The second kappa shape index (κ2) is 4.01. The molecule has 0 radical (unpaired) electrons. The molecular formula is C15H22N2O. The molecule has 3 fully saturated rings. The van der Waals surface area contributed by atoms with E-state index < -0.39 is 0 Å². The van der Waals surface area contributed by atoms with Crippen molar-refractivity contribution in [1.82, 2.24) is 9.80 Å². The Kier molecular flexibility index (Phi) is 2.42. The van der Waals surface area contributed by atoms with Gasteiger partial charge in [-0.05, 0) is 44.2 Å². The molecule has 3 heteroatoms. The lowest BCUT2D eigenvalue weighted by atomic mass is 9.69. The molecule has 98 valence electrons. The molecule has 4 heterocycles. The summed E-state index contributed by atoms with van der Waals surface area (Å²) in [6.07, 6.45) is 11.6. The topological polar surface area (TPSA) is 23.6 Å². The quantitative estimate of drug-likeness (QED) is 0.652. The molecule has 0 aliphatic carbocycles. The van der Waals surface area contributed by atoms with E-state index in [4.69, 9.17) is 0 Å². The summed E-state index contributed by atoms with van der Waals surface area (Å²) >= 11 is 0. The molecule has 0 N–H and O–H groups in total. The summed E-state index contributed by atoms with van der Waals surface area (Å²) in [6, 6.07) is 1.27. The van der Waals surface area contributed by atoms with Crippen molar-refractivity contribution >= 4 is 5.91 Å². The number of piperidine rings is 3. The van der Waals surface area contributed by atoms with Gasteiger partial charge in [-0.2, -0.15) is 0 Å². The molecule has 4 unspecified atom stereocenters. The summed E-state index contributed by atoms with van der Waals surface area (Å²) in [6.45, 7) is 2.27. The largest absolute Gasteiger partial charge is 0.374 e. The minimum atomic E-state index is 0.427. The van der Waals surface area contributed by atoms with Gasteiger partial charge in [-0.3, -0.25) is 4.79 Å². The zero-order chi connectivity index (χ0) is 12.1. The highest BCUT2D eigenvalue weighted by atomic mass is 16.2. The van der Waals surface area contributed by atoms with E-state index in [1.54, 1.807) is 0 Å². The first-order valence-electron chi connectivity index (χ1n) is 7.56. The molecule has 3 saturated heterocycles. The fourth-order valence-electron chi connectivity index (χ4n) is 4.85. The number of hydrogen-bond donors (Lipinski definition) is 0. The molecule has 18 heavy (non-hydrogen) atoms. The summed E-state index contributed by atoms with van der Waals surface area (Å²) in [5.41, 5.74) is 0. The standard InChI is InChI=1S/C15H22N2O/c18-14-7-1-6-13-12-5-3-9-16-8-2-4-11(15(12)16)10-17(13)14/h3,9,11-13,15H,1-2,4-8,10H2. The first kappa shape index (κ1) is 10.9. The van der Waals surface area contributed by atoms with Crippen LogP contribution in [0.4, 0.5) is 0 Å². The average molecular weight is 246 g/mol. The van der Waals surface area contributed by atoms with E-state index >= 15 is 0 Å².